The first-order valence-corrected chi connectivity index (χ1v) is 7.72. The molecule has 0 amide bonds. The molecule has 1 fully saturated rings. The summed E-state index contributed by atoms with van der Waals surface area (Å²) in [5.74, 6) is 1.80. The first-order chi connectivity index (χ1) is 9.15. The number of fused-ring (bicyclic) bond motifs is 1. The highest BCUT2D eigenvalue weighted by atomic mass is 15.2. The smallest absolute Gasteiger partial charge is 0.110 e. The molecule has 2 aliphatic heterocycles. The van der Waals surface area contributed by atoms with Crippen LogP contribution < -0.4 is 5.73 Å². The summed E-state index contributed by atoms with van der Waals surface area (Å²) in [6.07, 6.45) is 8.30. The van der Waals surface area contributed by atoms with Gasteiger partial charge in [0.1, 0.15) is 5.82 Å². The molecule has 2 atom stereocenters. The van der Waals surface area contributed by atoms with Gasteiger partial charge in [0.05, 0.1) is 11.9 Å². The Kier molecular flexibility index (Phi) is 3.63. The summed E-state index contributed by atoms with van der Waals surface area (Å²) in [5, 5.41) is 0. The van der Waals surface area contributed by atoms with Gasteiger partial charge in [-0.1, -0.05) is 0 Å². The van der Waals surface area contributed by atoms with Gasteiger partial charge in [-0.15, -0.1) is 0 Å². The van der Waals surface area contributed by atoms with Crippen molar-refractivity contribution in [1.29, 1.82) is 0 Å². The summed E-state index contributed by atoms with van der Waals surface area (Å²) in [6, 6.07) is 0.641. The van der Waals surface area contributed by atoms with Crippen LogP contribution in [0.3, 0.4) is 0 Å². The predicted molar refractivity (Wildman–Crippen MR) is 77.1 cm³/mol. The van der Waals surface area contributed by atoms with Gasteiger partial charge in [-0.05, 0) is 46.1 Å². The number of nitrogens with two attached hydrogens (primary N) is 1. The molecule has 2 N–H and O–H groups in total. The molecule has 0 aromatic carbocycles. The fraction of sp³-hybridized carbons (Fsp3) is 0.800. The summed E-state index contributed by atoms with van der Waals surface area (Å²) in [5.41, 5.74) is 7.45. The van der Waals surface area contributed by atoms with Gasteiger partial charge in [-0.25, -0.2) is 4.98 Å². The highest BCUT2D eigenvalue weighted by molar-refractivity contribution is 5.13. The summed E-state index contributed by atoms with van der Waals surface area (Å²) in [7, 11) is 0. The van der Waals surface area contributed by atoms with Crippen LogP contribution in [0.4, 0.5) is 0 Å². The standard InChI is InChI=1S/C15H26N4/c1-11(2)18-8-4-5-12(9-18)13-10-19-14(16)6-3-7-15(19)17-13/h10-12,14H,3-9,16H2,1-2H3. The normalized spacial score (nSPS) is 28.6. The molecule has 3 rings (SSSR count). The van der Waals surface area contributed by atoms with Gasteiger partial charge in [0.15, 0.2) is 0 Å². The monoisotopic (exact) mass is 262 g/mol. The molecule has 0 radical (unpaired) electrons. The minimum absolute atomic E-state index is 0.148. The molecule has 0 aliphatic carbocycles. The van der Waals surface area contributed by atoms with E-state index in [-0.39, 0.29) is 6.17 Å². The first kappa shape index (κ1) is 13.1. The van der Waals surface area contributed by atoms with Crippen LogP contribution >= 0.6 is 0 Å². The van der Waals surface area contributed by atoms with E-state index in [1.165, 1.54) is 37.3 Å². The SMILES string of the molecule is CC(C)N1CCCC(c2cn3c(n2)CCCC3N)C1. The number of nitrogens with zero attached hydrogens (tertiary/aromatic N) is 3. The lowest BCUT2D eigenvalue weighted by atomic mass is 9.94. The summed E-state index contributed by atoms with van der Waals surface area (Å²) >= 11 is 0. The Labute approximate surface area is 116 Å². The minimum Gasteiger partial charge on any atom is -0.319 e. The number of likely N-dealkylation sites (tertiary alicyclic amines) is 1. The van der Waals surface area contributed by atoms with Crippen molar-refractivity contribution in [3.05, 3.63) is 17.7 Å². The van der Waals surface area contributed by atoms with Crippen LogP contribution in [0.5, 0.6) is 0 Å². The molecule has 1 aromatic rings. The lowest BCUT2D eigenvalue weighted by molar-refractivity contribution is 0.166. The molecule has 0 bridgehead atoms. The van der Waals surface area contributed by atoms with E-state index in [0.29, 0.717) is 12.0 Å². The van der Waals surface area contributed by atoms with Crippen molar-refractivity contribution in [2.24, 2.45) is 5.73 Å². The second-order valence-electron chi connectivity index (χ2n) is 6.38. The molecule has 1 saturated heterocycles. The van der Waals surface area contributed by atoms with Crippen molar-refractivity contribution in [3.8, 4) is 0 Å². The zero-order valence-corrected chi connectivity index (χ0v) is 12.2. The van der Waals surface area contributed by atoms with Gasteiger partial charge in [0.2, 0.25) is 0 Å². The number of imidazole rings is 1. The minimum atomic E-state index is 0.148. The van der Waals surface area contributed by atoms with E-state index < -0.39 is 0 Å². The number of hydrogen-bond donors (Lipinski definition) is 1. The summed E-state index contributed by atoms with van der Waals surface area (Å²) < 4.78 is 2.22. The van der Waals surface area contributed by atoms with Gasteiger partial charge in [0, 0.05) is 31.1 Å². The lowest BCUT2D eigenvalue weighted by Crippen LogP contribution is -2.39. The van der Waals surface area contributed by atoms with Crippen LogP contribution in [0.15, 0.2) is 6.20 Å². The van der Waals surface area contributed by atoms with Crippen LogP contribution in [-0.2, 0) is 6.42 Å². The summed E-state index contributed by atoms with van der Waals surface area (Å²) in [6.45, 7) is 6.97. The van der Waals surface area contributed by atoms with Crippen LogP contribution in [0.1, 0.15) is 63.1 Å². The van der Waals surface area contributed by atoms with Crippen LogP contribution in [0, 0.1) is 0 Å². The van der Waals surface area contributed by atoms with Crippen molar-refractivity contribution >= 4 is 0 Å². The summed E-state index contributed by atoms with van der Waals surface area (Å²) in [4.78, 5) is 7.45. The van der Waals surface area contributed by atoms with Crippen molar-refractivity contribution in [1.82, 2.24) is 14.5 Å². The number of rotatable bonds is 2. The maximum Gasteiger partial charge on any atom is 0.110 e. The average Bonchev–Trinajstić information content (AvgIpc) is 2.84. The van der Waals surface area contributed by atoms with E-state index in [0.717, 1.165) is 19.4 Å². The van der Waals surface area contributed by atoms with E-state index in [9.17, 15) is 0 Å². The number of piperidine rings is 1. The van der Waals surface area contributed by atoms with Crippen molar-refractivity contribution in [3.63, 3.8) is 0 Å². The van der Waals surface area contributed by atoms with Gasteiger partial charge in [-0.2, -0.15) is 0 Å². The van der Waals surface area contributed by atoms with E-state index in [1.54, 1.807) is 0 Å². The first-order valence-electron chi connectivity index (χ1n) is 7.72. The van der Waals surface area contributed by atoms with Crippen LogP contribution in [0.25, 0.3) is 0 Å². The third-order valence-corrected chi connectivity index (χ3v) is 4.69. The van der Waals surface area contributed by atoms with E-state index in [2.05, 4.69) is 29.5 Å². The van der Waals surface area contributed by atoms with Crippen molar-refractivity contribution < 1.29 is 0 Å². The number of aromatic nitrogens is 2. The predicted octanol–water partition coefficient (Wildman–Crippen LogP) is 2.26. The molecule has 0 spiro atoms. The van der Waals surface area contributed by atoms with Gasteiger partial charge in [0.25, 0.3) is 0 Å². The second kappa shape index (κ2) is 5.25. The molecule has 3 heterocycles. The van der Waals surface area contributed by atoms with Crippen LogP contribution in [-0.4, -0.2) is 33.6 Å². The van der Waals surface area contributed by atoms with E-state index in [4.69, 9.17) is 10.7 Å². The van der Waals surface area contributed by atoms with Crippen LogP contribution in [0.2, 0.25) is 0 Å². The topological polar surface area (TPSA) is 47.1 Å². The Hall–Kier alpha value is -0.870. The highest BCUT2D eigenvalue weighted by Crippen LogP contribution is 2.30. The largest absolute Gasteiger partial charge is 0.319 e. The quantitative estimate of drug-likeness (QED) is 0.889. The Morgan fingerprint density at radius 1 is 1.32 bits per heavy atom. The maximum absolute atomic E-state index is 6.18. The third-order valence-electron chi connectivity index (χ3n) is 4.69. The highest BCUT2D eigenvalue weighted by Gasteiger charge is 2.27. The molecular formula is C15H26N4. The Morgan fingerprint density at radius 2 is 2.16 bits per heavy atom. The fourth-order valence-electron chi connectivity index (χ4n) is 3.45. The molecule has 106 valence electrons. The van der Waals surface area contributed by atoms with E-state index in [1.807, 2.05) is 0 Å². The molecule has 0 saturated carbocycles. The molecule has 1 aromatic heterocycles. The number of aryl methyl sites for hydroxylation is 1. The lowest BCUT2D eigenvalue weighted by Gasteiger charge is -2.34. The Morgan fingerprint density at radius 3 is 2.89 bits per heavy atom. The zero-order chi connectivity index (χ0) is 13.4. The van der Waals surface area contributed by atoms with E-state index >= 15 is 0 Å². The third kappa shape index (κ3) is 2.56. The second-order valence-corrected chi connectivity index (χ2v) is 6.38. The maximum atomic E-state index is 6.18. The molecule has 4 nitrogen and oxygen atoms in total. The number of hydrogen-bond acceptors (Lipinski definition) is 3. The molecule has 2 unspecified atom stereocenters. The zero-order valence-electron chi connectivity index (χ0n) is 12.2. The van der Waals surface area contributed by atoms with Gasteiger partial charge in [-0.3, -0.25) is 0 Å². The Balaban J connectivity index is 1.78. The molecule has 4 heteroatoms. The molecule has 2 aliphatic rings. The average molecular weight is 262 g/mol. The Bertz CT molecular complexity index is 437. The molecule has 19 heavy (non-hydrogen) atoms. The van der Waals surface area contributed by atoms with Crippen molar-refractivity contribution in [2.45, 2.75) is 64.1 Å². The fourth-order valence-corrected chi connectivity index (χ4v) is 3.45. The van der Waals surface area contributed by atoms with Crippen molar-refractivity contribution in [2.75, 3.05) is 13.1 Å². The molecular weight excluding hydrogens is 236 g/mol. The van der Waals surface area contributed by atoms with Gasteiger partial charge >= 0.3 is 0 Å². The van der Waals surface area contributed by atoms with Gasteiger partial charge < -0.3 is 15.2 Å².